The van der Waals surface area contributed by atoms with E-state index in [0.717, 1.165) is 12.0 Å². The summed E-state index contributed by atoms with van der Waals surface area (Å²) in [6, 6.07) is 12.8. The van der Waals surface area contributed by atoms with E-state index in [0.29, 0.717) is 29.4 Å². The minimum Gasteiger partial charge on any atom is -0.338 e. The van der Waals surface area contributed by atoms with E-state index >= 15 is 0 Å². The Bertz CT molecular complexity index is 1120. The van der Waals surface area contributed by atoms with Crippen LogP contribution in [0.4, 0.5) is 0 Å². The summed E-state index contributed by atoms with van der Waals surface area (Å²) in [6.07, 6.45) is 0.762. The SMILES string of the molecule is Cc1c(Cl)cccc1S(=O)(=O)NC1(CC(=O)N2CCc3ccccc3C2)CSC=N1. The molecule has 2 aliphatic rings. The third-order valence-corrected chi connectivity index (χ3v) is 8.43. The van der Waals surface area contributed by atoms with Gasteiger partial charge in [-0.1, -0.05) is 41.9 Å². The van der Waals surface area contributed by atoms with Crippen LogP contribution in [0.2, 0.25) is 5.02 Å². The molecule has 0 bridgehead atoms. The first-order chi connectivity index (χ1) is 14.3. The smallest absolute Gasteiger partial charge is 0.242 e. The molecular formula is C21H22ClN3O3S2. The van der Waals surface area contributed by atoms with Crippen molar-refractivity contribution in [1.82, 2.24) is 9.62 Å². The van der Waals surface area contributed by atoms with E-state index in [4.69, 9.17) is 11.6 Å². The van der Waals surface area contributed by atoms with Crippen LogP contribution in [-0.4, -0.2) is 42.7 Å². The molecule has 0 fully saturated rings. The molecule has 158 valence electrons. The fourth-order valence-electron chi connectivity index (χ4n) is 3.79. The highest BCUT2D eigenvalue weighted by Crippen LogP contribution is 2.31. The van der Waals surface area contributed by atoms with Crippen molar-refractivity contribution in [3.05, 3.63) is 64.2 Å². The number of rotatable bonds is 5. The average molecular weight is 464 g/mol. The van der Waals surface area contributed by atoms with Crippen molar-refractivity contribution in [2.75, 3.05) is 12.3 Å². The van der Waals surface area contributed by atoms with Crippen LogP contribution in [0.5, 0.6) is 0 Å². The van der Waals surface area contributed by atoms with Crippen molar-refractivity contribution >= 4 is 44.8 Å². The summed E-state index contributed by atoms with van der Waals surface area (Å²) < 4.78 is 28.9. The van der Waals surface area contributed by atoms with E-state index in [1.54, 1.807) is 29.5 Å². The third-order valence-electron chi connectivity index (χ3n) is 5.46. The Morgan fingerprint density at radius 2 is 2.00 bits per heavy atom. The standard InChI is InChI=1S/C21H22ClN3O3S2/c1-15-18(22)7-4-8-19(15)30(27,28)24-21(13-29-14-23-21)11-20(26)25-10-9-16-5-2-3-6-17(16)12-25/h2-8,14,24H,9-13H2,1H3. The predicted octanol–water partition coefficient (Wildman–Crippen LogP) is 3.37. The molecule has 30 heavy (non-hydrogen) atoms. The fraction of sp³-hybridized carbons (Fsp3) is 0.333. The van der Waals surface area contributed by atoms with E-state index in [1.165, 1.54) is 23.4 Å². The van der Waals surface area contributed by atoms with E-state index in [1.807, 2.05) is 18.2 Å². The van der Waals surface area contributed by atoms with Gasteiger partial charge in [0.05, 0.1) is 16.9 Å². The van der Waals surface area contributed by atoms with Gasteiger partial charge in [-0.3, -0.25) is 9.79 Å². The number of nitrogens with zero attached hydrogens (tertiary/aromatic N) is 2. The lowest BCUT2D eigenvalue weighted by molar-refractivity contribution is -0.133. The third kappa shape index (κ3) is 4.27. The molecule has 0 aliphatic carbocycles. The molecule has 0 aromatic heterocycles. The van der Waals surface area contributed by atoms with Gasteiger partial charge in [-0.25, -0.2) is 8.42 Å². The molecule has 4 rings (SSSR count). The van der Waals surface area contributed by atoms with Crippen molar-refractivity contribution in [3.63, 3.8) is 0 Å². The van der Waals surface area contributed by atoms with E-state index in [-0.39, 0.29) is 17.2 Å². The summed E-state index contributed by atoms with van der Waals surface area (Å²) in [7, 11) is -3.91. The van der Waals surface area contributed by atoms with Crippen LogP contribution < -0.4 is 4.72 Å². The molecule has 1 N–H and O–H groups in total. The molecule has 0 spiro atoms. The number of aliphatic imine (C=N–C) groups is 1. The van der Waals surface area contributed by atoms with Gasteiger partial charge < -0.3 is 4.90 Å². The van der Waals surface area contributed by atoms with Crippen molar-refractivity contribution < 1.29 is 13.2 Å². The number of carbonyl (C=O) groups excluding carboxylic acids is 1. The van der Waals surface area contributed by atoms with E-state index in [2.05, 4.69) is 15.8 Å². The predicted molar refractivity (Wildman–Crippen MR) is 120 cm³/mol. The lowest BCUT2D eigenvalue weighted by atomic mass is 9.99. The molecule has 0 saturated carbocycles. The molecule has 2 aromatic rings. The van der Waals surface area contributed by atoms with Crippen LogP contribution in [0.25, 0.3) is 0 Å². The number of halogens is 1. The zero-order chi connectivity index (χ0) is 21.4. The lowest BCUT2D eigenvalue weighted by Crippen LogP contribution is -2.51. The Morgan fingerprint density at radius 1 is 1.23 bits per heavy atom. The van der Waals surface area contributed by atoms with Gasteiger partial charge in [-0.2, -0.15) is 4.72 Å². The minimum absolute atomic E-state index is 0.0302. The second-order valence-electron chi connectivity index (χ2n) is 7.56. The van der Waals surface area contributed by atoms with Crippen LogP contribution in [0.15, 0.2) is 52.4 Å². The topological polar surface area (TPSA) is 78.8 Å². The Balaban J connectivity index is 1.54. The normalized spacial score (nSPS) is 20.9. The second kappa shape index (κ2) is 8.34. The summed E-state index contributed by atoms with van der Waals surface area (Å²) >= 11 is 7.50. The van der Waals surface area contributed by atoms with Gasteiger partial charge in [-0.05, 0) is 42.2 Å². The number of fused-ring (bicyclic) bond motifs is 1. The monoisotopic (exact) mass is 463 g/mol. The van der Waals surface area contributed by atoms with E-state index in [9.17, 15) is 13.2 Å². The van der Waals surface area contributed by atoms with Gasteiger partial charge in [0.25, 0.3) is 0 Å². The van der Waals surface area contributed by atoms with Crippen molar-refractivity contribution in [1.29, 1.82) is 0 Å². The Labute approximate surface area is 185 Å². The summed E-state index contributed by atoms with van der Waals surface area (Å²) in [4.78, 5) is 19.4. The number of benzene rings is 2. The minimum atomic E-state index is -3.91. The maximum atomic E-state index is 13.1. The van der Waals surface area contributed by atoms with Gasteiger partial charge in [0.15, 0.2) is 0 Å². The van der Waals surface area contributed by atoms with Crippen molar-refractivity contribution in [2.24, 2.45) is 4.99 Å². The zero-order valence-electron chi connectivity index (χ0n) is 16.5. The van der Waals surface area contributed by atoms with Crippen LogP contribution in [0.3, 0.4) is 0 Å². The van der Waals surface area contributed by atoms with Crippen molar-refractivity contribution in [3.8, 4) is 0 Å². The lowest BCUT2D eigenvalue weighted by Gasteiger charge is -2.33. The van der Waals surface area contributed by atoms with Gasteiger partial charge in [0.2, 0.25) is 15.9 Å². The van der Waals surface area contributed by atoms with Gasteiger partial charge in [-0.15, -0.1) is 11.8 Å². The highest BCUT2D eigenvalue weighted by molar-refractivity contribution is 8.12. The molecule has 2 aromatic carbocycles. The Morgan fingerprint density at radius 3 is 2.73 bits per heavy atom. The average Bonchev–Trinajstić information content (AvgIpc) is 3.16. The number of amides is 1. The maximum Gasteiger partial charge on any atom is 0.242 e. The molecule has 2 aliphatic heterocycles. The maximum absolute atomic E-state index is 13.1. The van der Waals surface area contributed by atoms with Crippen LogP contribution >= 0.6 is 23.4 Å². The Hall–Kier alpha value is -1.87. The molecule has 0 radical (unpaired) electrons. The molecule has 1 atom stereocenters. The molecule has 1 amide bonds. The first-order valence-corrected chi connectivity index (χ1v) is 12.5. The highest BCUT2D eigenvalue weighted by atomic mass is 35.5. The Kier molecular flexibility index (Phi) is 5.94. The molecule has 9 heteroatoms. The number of thioether (sulfide) groups is 1. The molecule has 2 heterocycles. The molecule has 6 nitrogen and oxygen atoms in total. The largest absolute Gasteiger partial charge is 0.338 e. The number of nitrogens with one attached hydrogen (secondary N) is 1. The van der Waals surface area contributed by atoms with Crippen LogP contribution in [-0.2, 0) is 27.8 Å². The van der Waals surface area contributed by atoms with Crippen LogP contribution in [0, 0.1) is 6.92 Å². The second-order valence-corrected chi connectivity index (χ2v) is 10.4. The summed E-state index contributed by atoms with van der Waals surface area (Å²) in [6.45, 7) is 2.80. The zero-order valence-corrected chi connectivity index (χ0v) is 18.9. The quantitative estimate of drug-likeness (QED) is 0.737. The summed E-state index contributed by atoms with van der Waals surface area (Å²) in [5, 5.41) is 0.374. The molecular weight excluding hydrogens is 442 g/mol. The molecule has 1 unspecified atom stereocenters. The van der Waals surface area contributed by atoms with Gasteiger partial charge >= 0.3 is 0 Å². The molecule has 0 saturated heterocycles. The number of hydrogen-bond donors (Lipinski definition) is 1. The fourth-order valence-corrected chi connectivity index (χ4v) is 6.57. The number of sulfonamides is 1. The van der Waals surface area contributed by atoms with Crippen molar-refractivity contribution in [2.45, 2.75) is 36.9 Å². The number of carbonyl (C=O) groups is 1. The summed E-state index contributed by atoms with van der Waals surface area (Å²) in [5.41, 5.74) is 3.25. The first-order valence-electron chi connectivity index (χ1n) is 9.59. The first kappa shape index (κ1) is 21.4. The highest BCUT2D eigenvalue weighted by Gasteiger charge is 2.41. The van der Waals surface area contributed by atoms with E-state index < -0.39 is 15.7 Å². The number of hydrogen-bond acceptors (Lipinski definition) is 5. The van der Waals surface area contributed by atoms with Crippen LogP contribution in [0.1, 0.15) is 23.1 Å². The van der Waals surface area contributed by atoms with Gasteiger partial charge in [0.1, 0.15) is 5.66 Å². The van der Waals surface area contributed by atoms with Gasteiger partial charge in [0, 0.05) is 23.9 Å². The summed E-state index contributed by atoms with van der Waals surface area (Å²) in [5.74, 6) is 0.247.